The first kappa shape index (κ1) is 21.4. The number of nitrogens with zero attached hydrogens (tertiary/aromatic N) is 1. The normalized spacial score (nSPS) is 16.8. The number of benzene rings is 3. The molecule has 0 aliphatic carbocycles. The van der Waals surface area contributed by atoms with Crippen molar-refractivity contribution in [1.29, 1.82) is 0 Å². The minimum Gasteiger partial charge on any atom is -0.371 e. The Bertz CT molecular complexity index is 1020. The number of carbonyl (C=O) groups is 1. The molecule has 1 aliphatic heterocycles. The fourth-order valence-electron chi connectivity index (χ4n) is 3.79. The maximum atomic E-state index is 13.6. The fourth-order valence-corrected chi connectivity index (χ4v) is 4.86. The van der Waals surface area contributed by atoms with E-state index in [4.69, 9.17) is 0 Å². The van der Waals surface area contributed by atoms with Gasteiger partial charge >= 0.3 is 0 Å². The van der Waals surface area contributed by atoms with Gasteiger partial charge in [0.25, 0.3) is 0 Å². The third kappa shape index (κ3) is 5.44. The van der Waals surface area contributed by atoms with Gasteiger partial charge in [0.1, 0.15) is 5.25 Å². The topological polar surface area (TPSA) is 32.3 Å². The highest BCUT2D eigenvalue weighted by Gasteiger charge is 2.26. The number of rotatable bonds is 7. The molecule has 6 heteroatoms. The average Bonchev–Trinajstić information content (AvgIpc) is 3.28. The Kier molecular flexibility index (Phi) is 6.87. The Labute approximate surface area is 185 Å². The molecule has 0 spiro atoms. The third-order valence-electron chi connectivity index (χ3n) is 5.46. The lowest BCUT2D eigenvalue weighted by Gasteiger charge is -2.20. The second kappa shape index (κ2) is 9.96. The van der Waals surface area contributed by atoms with E-state index in [2.05, 4.69) is 5.32 Å². The van der Waals surface area contributed by atoms with Crippen LogP contribution in [0.4, 0.5) is 14.5 Å². The summed E-state index contributed by atoms with van der Waals surface area (Å²) in [5.41, 5.74) is 1.64. The van der Waals surface area contributed by atoms with Crippen molar-refractivity contribution >= 4 is 23.4 Å². The molecule has 1 N–H and O–H groups in total. The molecule has 0 saturated carbocycles. The van der Waals surface area contributed by atoms with E-state index in [0.29, 0.717) is 18.8 Å². The first-order valence-corrected chi connectivity index (χ1v) is 11.2. The van der Waals surface area contributed by atoms with Crippen LogP contribution in [0, 0.1) is 17.6 Å². The lowest BCUT2D eigenvalue weighted by atomic mass is 10.1. The number of anilines is 1. The van der Waals surface area contributed by atoms with Gasteiger partial charge in [-0.25, -0.2) is 8.78 Å². The number of thioether (sulfide) groups is 1. The third-order valence-corrected chi connectivity index (χ3v) is 6.72. The Hall–Kier alpha value is -2.86. The molecule has 0 aromatic heterocycles. The summed E-state index contributed by atoms with van der Waals surface area (Å²) in [4.78, 5) is 16.2. The molecule has 0 radical (unpaired) electrons. The van der Waals surface area contributed by atoms with Crippen LogP contribution in [-0.2, 0) is 4.79 Å². The van der Waals surface area contributed by atoms with Crippen LogP contribution in [0.25, 0.3) is 0 Å². The van der Waals surface area contributed by atoms with Crippen LogP contribution in [0.15, 0.2) is 83.8 Å². The molecular formula is C25H24F2N2OS. The van der Waals surface area contributed by atoms with Gasteiger partial charge in [0, 0.05) is 36.3 Å². The Balaban J connectivity index is 1.38. The van der Waals surface area contributed by atoms with Crippen molar-refractivity contribution in [2.24, 2.45) is 5.92 Å². The van der Waals surface area contributed by atoms with Gasteiger partial charge in [-0.3, -0.25) is 4.79 Å². The average molecular weight is 439 g/mol. The van der Waals surface area contributed by atoms with Gasteiger partial charge in [-0.15, -0.1) is 11.8 Å². The summed E-state index contributed by atoms with van der Waals surface area (Å²) in [6.45, 7) is 2.01. The predicted molar refractivity (Wildman–Crippen MR) is 121 cm³/mol. The van der Waals surface area contributed by atoms with Crippen LogP contribution in [0.1, 0.15) is 17.2 Å². The summed E-state index contributed by atoms with van der Waals surface area (Å²) >= 11 is 1.53. The van der Waals surface area contributed by atoms with Crippen LogP contribution in [0.5, 0.6) is 0 Å². The lowest BCUT2D eigenvalue weighted by Crippen LogP contribution is -2.33. The van der Waals surface area contributed by atoms with Gasteiger partial charge in [-0.1, -0.05) is 48.5 Å². The molecule has 2 atom stereocenters. The van der Waals surface area contributed by atoms with Gasteiger partial charge in [0.2, 0.25) is 5.91 Å². The SMILES string of the molecule is O=C(NCC1CCN(c2ccc(F)c(F)c2)C1)C(Sc1ccccc1)c1ccccc1. The Morgan fingerprint density at radius 2 is 1.71 bits per heavy atom. The van der Waals surface area contributed by atoms with Crippen molar-refractivity contribution < 1.29 is 13.6 Å². The van der Waals surface area contributed by atoms with Crippen molar-refractivity contribution in [2.75, 3.05) is 24.5 Å². The van der Waals surface area contributed by atoms with E-state index in [1.807, 2.05) is 65.6 Å². The molecule has 2 unspecified atom stereocenters. The molecular weight excluding hydrogens is 414 g/mol. The second-order valence-corrected chi connectivity index (χ2v) is 8.84. The molecule has 4 rings (SSSR count). The quantitative estimate of drug-likeness (QED) is 0.499. The smallest absolute Gasteiger partial charge is 0.238 e. The molecule has 3 nitrogen and oxygen atoms in total. The molecule has 1 saturated heterocycles. The number of carbonyl (C=O) groups excluding carboxylic acids is 1. The van der Waals surface area contributed by atoms with Crippen molar-refractivity contribution in [3.8, 4) is 0 Å². The van der Waals surface area contributed by atoms with E-state index >= 15 is 0 Å². The van der Waals surface area contributed by atoms with E-state index in [0.717, 1.165) is 29.5 Å². The zero-order valence-corrected chi connectivity index (χ0v) is 17.8. The van der Waals surface area contributed by atoms with E-state index < -0.39 is 11.6 Å². The highest BCUT2D eigenvalue weighted by molar-refractivity contribution is 8.00. The maximum Gasteiger partial charge on any atom is 0.238 e. The molecule has 1 amide bonds. The minimum atomic E-state index is -0.838. The monoisotopic (exact) mass is 438 g/mol. The predicted octanol–water partition coefficient (Wildman–Crippen LogP) is 5.44. The molecule has 1 fully saturated rings. The maximum absolute atomic E-state index is 13.6. The first-order chi connectivity index (χ1) is 15.1. The summed E-state index contributed by atoms with van der Waals surface area (Å²) < 4.78 is 26.8. The summed E-state index contributed by atoms with van der Waals surface area (Å²) in [6.07, 6.45) is 0.890. The van der Waals surface area contributed by atoms with Crippen LogP contribution >= 0.6 is 11.8 Å². The van der Waals surface area contributed by atoms with Gasteiger partial charge < -0.3 is 10.2 Å². The number of hydrogen-bond acceptors (Lipinski definition) is 3. The van der Waals surface area contributed by atoms with Crippen LogP contribution in [0.3, 0.4) is 0 Å². The molecule has 3 aromatic carbocycles. The van der Waals surface area contributed by atoms with Crippen molar-refractivity contribution in [2.45, 2.75) is 16.6 Å². The van der Waals surface area contributed by atoms with E-state index in [-0.39, 0.29) is 17.1 Å². The summed E-state index contributed by atoms with van der Waals surface area (Å²) in [5, 5.41) is 2.77. The summed E-state index contributed by atoms with van der Waals surface area (Å²) in [7, 11) is 0. The zero-order valence-electron chi connectivity index (χ0n) is 17.0. The van der Waals surface area contributed by atoms with Gasteiger partial charge in [-0.2, -0.15) is 0 Å². The lowest BCUT2D eigenvalue weighted by molar-refractivity contribution is -0.120. The fraction of sp³-hybridized carbons (Fsp3) is 0.240. The van der Waals surface area contributed by atoms with E-state index in [1.54, 1.807) is 6.07 Å². The van der Waals surface area contributed by atoms with Crippen molar-refractivity contribution in [3.05, 3.63) is 96.1 Å². The highest BCUT2D eigenvalue weighted by atomic mass is 32.2. The number of amides is 1. The number of hydrogen-bond donors (Lipinski definition) is 1. The Morgan fingerprint density at radius 1 is 1.00 bits per heavy atom. The minimum absolute atomic E-state index is 0.0219. The standard InChI is InChI=1S/C25H24F2N2OS/c26-22-12-11-20(15-23(22)27)29-14-13-18(17-29)16-28-25(30)24(19-7-3-1-4-8-19)31-21-9-5-2-6-10-21/h1-12,15,18,24H,13-14,16-17H2,(H,28,30). The van der Waals surface area contributed by atoms with Crippen LogP contribution in [0.2, 0.25) is 0 Å². The number of halogens is 2. The Morgan fingerprint density at radius 3 is 2.42 bits per heavy atom. The highest BCUT2D eigenvalue weighted by Crippen LogP contribution is 2.35. The van der Waals surface area contributed by atoms with Crippen molar-refractivity contribution in [1.82, 2.24) is 5.32 Å². The van der Waals surface area contributed by atoms with E-state index in [9.17, 15) is 13.6 Å². The molecule has 31 heavy (non-hydrogen) atoms. The molecule has 3 aromatic rings. The number of nitrogens with one attached hydrogen (secondary N) is 1. The summed E-state index contributed by atoms with van der Waals surface area (Å²) in [6, 6.07) is 23.7. The van der Waals surface area contributed by atoms with Gasteiger partial charge in [-0.05, 0) is 42.2 Å². The first-order valence-electron chi connectivity index (χ1n) is 10.3. The van der Waals surface area contributed by atoms with Gasteiger partial charge in [0.05, 0.1) is 0 Å². The van der Waals surface area contributed by atoms with Crippen molar-refractivity contribution in [3.63, 3.8) is 0 Å². The largest absolute Gasteiger partial charge is 0.371 e. The summed E-state index contributed by atoms with van der Waals surface area (Å²) in [5.74, 6) is -1.44. The second-order valence-electron chi connectivity index (χ2n) is 7.67. The molecule has 160 valence electrons. The van der Waals surface area contributed by atoms with Crippen LogP contribution in [-0.4, -0.2) is 25.5 Å². The molecule has 0 bridgehead atoms. The van der Waals surface area contributed by atoms with E-state index in [1.165, 1.54) is 17.8 Å². The molecule has 1 heterocycles. The molecule has 1 aliphatic rings. The van der Waals surface area contributed by atoms with Crippen LogP contribution < -0.4 is 10.2 Å². The zero-order chi connectivity index (χ0) is 21.6. The van der Waals surface area contributed by atoms with Gasteiger partial charge in [0.15, 0.2) is 11.6 Å².